The van der Waals surface area contributed by atoms with Gasteiger partial charge in [-0.05, 0) is 42.0 Å². The van der Waals surface area contributed by atoms with Gasteiger partial charge in [0.25, 0.3) is 0 Å². The molecule has 0 unspecified atom stereocenters. The molecular weight excluding hydrogens is 346 g/mol. The number of carbonyl (C=O) groups is 1. The molecule has 0 spiro atoms. The van der Waals surface area contributed by atoms with Crippen molar-refractivity contribution < 1.29 is 4.79 Å². The Morgan fingerprint density at radius 2 is 1.79 bits per heavy atom. The Kier molecular flexibility index (Phi) is 6.85. The second kappa shape index (κ2) is 9.54. The van der Waals surface area contributed by atoms with Crippen LogP contribution in [0.3, 0.4) is 0 Å². The van der Waals surface area contributed by atoms with Crippen molar-refractivity contribution in [3.05, 3.63) is 65.5 Å². The Morgan fingerprint density at radius 3 is 2.50 bits per heavy atom. The van der Waals surface area contributed by atoms with Gasteiger partial charge in [-0.3, -0.25) is 4.79 Å². The number of carbonyl (C=O) groups excluding carboxylic acids is 1. The molecule has 3 aromatic rings. The molecule has 3 rings (SSSR count). The lowest BCUT2D eigenvalue weighted by Gasteiger charge is -2.11. The third-order valence-electron chi connectivity index (χ3n) is 5.17. The highest BCUT2D eigenvalue weighted by Gasteiger charge is 2.11. The van der Waals surface area contributed by atoms with Crippen molar-refractivity contribution in [3.63, 3.8) is 0 Å². The number of benzene rings is 2. The van der Waals surface area contributed by atoms with E-state index in [2.05, 4.69) is 66.2 Å². The SMILES string of the molecule is CC(=O)NCCCCCc1nc2ccccc2n1Cc1ccc(C(C)C)cc1. The van der Waals surface area contributed by atoms with E-state index in [0.717, 1.165) is 50.1 Å². The van der Waals surface area contributed by atoms with Crippen molar-refractivity contribution in [1.82, 2.24) is 14.9 Å². The van der Waals surface area contributed by atoms with Crippen molar-refractivity contribution in [1.29, 1.82) is 0 Å². The first-order valence-electron chi connectivity index (χ1n) is 10.3. The van der Waals surface area contributed by atoms with Crippen LogP contribution in [0.1, 0.15) is 62.9 Å². The Hall–Kier alpha value is -2.62. The lowest BCUT2D eigenvalue weighted by Crippen LogP contribution is -2.20. The molecule has 0 radical (unpaired) electrons. The Balaban J connectivity index is 1.71. The van der Waals surface area contributed by atoms with Crippen LogP contribution in [0, 0.1) is 0 Å². The quantitative estimate of drug-likeness (QED) is 0.530. The fourth-order valence-corrected chi connectivity index (χ4v) is 3.53. The van der Waals surface area contributed by atoms with Crippen molar-refractivity contribution in [2.75, 3.05) is 6.54 Å². The van der Waals surface area contributed by atoms with E-state index < -0.39 is 0 Å². The lowest BCUT2D eigenvalue weighted by molar-refractivity contribution is -0.118. The maximum Gasteiger partial charge on any atom is 0.216 e. The number of nitrogens with zero attached hydrogens (tertiary/aromatic N) is 2. The molecule has 1 amide bonds. The first-order valence-corrected chi connectivity index (χ1v) is 10.3. The molecule has 0 saturated carbocycles. The number of amides is 1. The van der Waals surface area contributed by atoms with Gasteiger partial charge in [-0.1, -0.05) is 56.7 Å². The van der Waals surface area contributed by atoms with Gasteiger partial charge in [0.05, 0.1) is 11.0 Å². The standard InChI is InChI=1S/C24H31N3O/c1-18(2)21-14-12-20(13-15-21)17-27-23-10-7-6-9-22(23)26-24(27)11-5-4-8-16-25-19(3)28/h6-7,9-10,12-15,18H,4-5,8,11,16-17H2,1-3H3,(H,25,28). The molecule has 0 aliphatic rings. The number of fused-ring (bicyclic) bond motifs is 1. The van der Waals surface area contributed by atoms with E-state index in [-0.39, 0.29) is 5.91 Å². The van der Waals surface area contributed by atoms with Crippen LogP contribution >= 0.6 is 0 Å². The minimum Gasteiger partial charge on any atom is -0.356 e. The minimum atomic E-state index is 0.0466. The summed E-state index contributed by atoms with van der Waals surface area (Å²) in [6.45, 7) is 7.62. The molecule has 2 aromatic carbocycles. The van der Waals surface area contributed by atoms with Crippen molar-refractivity contribution in [2.24, 2.45) is 0 Å². The van der Waals surface area contributed by atoms with E-state index in [9.17, 15) is 4.79 Å². The van der Waals surface area contributed by atoms with Gasteiger partial charge in [-0.25, -0.2) is 4.98 Å². The van der Waals surface area contributed by atoms with Crippen LogP contribution in [0.5, 0.6) is 0 Å². The number of para-hydroxylation sites is 2. The summed E-state index contributed by atoms with van der Waals surface area (Å²) in [5.74, 6) is 1.75. The van der Waals surface area contributed by atoms with Gasteiger partial charge in [0, 0.05) is 26.4 Å². The smallest absolute Gasteiger partial charge is 0.216 e. The topological polar surface area (TPSA) is 46.9 Å². The van der Waals surface area contributed by atoms with E-state index in [1.807, 2.05) is 6.07 Å². The molecular formula is C24H31N3O. The summed E-state index contributed by atoms with van der Waals surface area (Å²) in [6.07, 6.45) is 4.14. The summed E-state index contributed by atoms with van der Waals surface area (Å²) < 4.78 is 2.35. The molecule has 4 heteroatoms. The summed E-state index contributed by atoms with van der Waals surface area (Å²) in [4.78, 5) is 15.8. The summed E-state index contributed by atoms with van der Waals surface area (Å²) in [5, 5.41) is 2.86. The van der Waals surface area contributed by atoms with Crippen molar-refractivity contribution in [3.8, 4) is 0 Å². The van der Waals surface area contributed by atoms with Gasteiger partial charge in [-0.15, -0.1) is 0 Å². The van der Waals surface area contributed by atoms with Crippen LogP contribution in [-0.2, 0) is 17.8 Å². The average Bonchev–Trinajstić information content (AvgIpc) is 3.02. The first kappa shape index (κ1) is 20.1. The molecule has 28 heavy (non-hydrogen) atoms. The molecule has 1 N–H and O–H groups in total. The highest BCUT2D eigenvalue weighted by atomic mass is 16.1. The number of rotatable bonds is 9. The van der Waals surface area contributed by atoms with E-state index in [1.54, 1.807) is 6.92 Å². The summed E-state index contributed by atoms with van der Waals surface area (Å²) >= 11 is 0. The van der Waals surface area contributed by atoms with E-state index in [4.69, 9.17) is 4.98 Å². The Morgan fingerprint density at radius 1 is 1.04 bits per heavy atom. The third-order valence-corrected chi connectivity index (χ3v) is 5.17. The normalized spacial score (nSPS) is 11.3. The van der Waals surface area contributed by atoms with Gasteiger partial charge in [-0.2, -0.15) is 0 Å². The van der Waals surface area contributed by atoms with E-state index >= 15 is 0 Å². The largest absolute Gasteiger partial charge is 0.356 e. The maximum absolute atomic E-state index is 10.9. The molecule has 0 saturated heterocycles. The molecule has 148 valence electrons. The van der Waals surface area contributed by atoms with Gasteiger partial charge in [0.1, 0.15) is 5.82 Å². The van der Waals surface area contributed by atoms with E-state index in [0.29, 0.717) is 5.92 Å². The zero-order chi connectivity index (χ0) is 19.9. The highest BCUT2D eigenvalue weighted by Crippen LogP contribution is 2.21. The molecule has 0 atom stereocenters. The maximum atomic E-state index is 10.9. The second-order valence-electron chi connectivity index (χ2n) is 7.79. The van der Waals surface area contributed by atoms with Crippen molar-refractivity contribution >= 4 is 16.9 Å². The first-order chi connectivity index (χ1) is 13.5. The van der Waals surface area contributed by atoms with Crippen LogP contribution in [0.4, 0.5) is 0 Å². The summed E-state index contributed by atoms with van der Waals surface area (Å²) in [7, 11) is 0. The Labute approximate surface area is 168 Å². The monoisotopic (exact) mass is 377 g/mol. The second-order valence-corrected chi connectivity index (χ2v) is 7.79. The number of imidazole rings is 1. The van der Waals surface area contributed by atoms with Gasteiger partial charge < -0.3 is 9.88 Å². The van der Waals surface area contributed by atoms with Crippen LogP contribution < -0.4 is 5.32 Å². The fraction of sp³-hybridized carbons (Fsp3) is 0.417. The molecule has 0 bridgehead atoms. The van der Waals surface area contributed by atoms with Gasteiger partial charge in [0.15, 0.2) is 0 Å². The minimum absolute atomic E-state index is 0.0466. The number of hydrogen-bond acceptors (Lipinski definition) is 2. The molecule has 0 aliphatic heterocycles. The molecule has 1 aromatic heterocycles. The number of aryl methyl sites for hydroxylation is 1. The Bertz CT molecular complexity index is 909. The molecule has 0 aliphatic carbocycles. The molecule has 4 nitrogen and oxygen atoms in total. The summed E-state index contributed by atoms with van der Waals surface area (Å²) in [5.41, 5.74) is 4.94. The summed E-state index contributed by atoms with van der Waals surface area (Å²) in [6, 6.07) is 17.3. The van der Waals surface area contributed by atoms with Gasteiger partial charge >= 0.3 is 0 Å². The zero-order valence-electron chi connectivity index (χ0n) is 17.2. The average molecular weight is 378 g/mol. The number of unbranched alkanes of at least 4 members (excludes halogenated alkanes) is 2. The highest BCUT2D eigenvalue weighted by molar-refractivity contribution is 5.76. The third kappa shape index (κ3) is 5.22. The zero-order valence-corrected chi connectivity index (χ0v) is 17.2. The number of nitrogens with one attached hydrogen (secondary N) is 1. The van der Waals surface area contributed by atoms with E-state index in [1.165, 1.54) is 16.6 Å². The molecule has 0 fully saturated rings. The number of hydrogen-bond donors (Lipinski definition) is 1. The van der Waals surface area contributed by atoms with Crippen LogP contribution in [0.25, 0.3) is 11.0 Å². The number of aromatic nitrogens is 2. The van der Waals surface area contributed by atoms with Crippen LogP contribution in [-0.4, -0.2) is 22.0 Å². The fourth-order valence-electron chi connectivity index (χ4n) is 3.53. The lowest BCUT2D eigenvalue weighted by atomic mass is 10.0. The predicted molar refractivity (Wildman–Crippen MR) is 116 cm³/mol. The molecule has 1 heterocycles. The van der Waals surface area contributed by atoms with Gasteiger partial charge in [0.2, 0.25) is 5.91 Å². The van der Waals surface area contributed by atoms with Crippen LogP contribution in [0.15, 0.2) is 48.5 Å². The predicted octanol–water partition coefficient (Wildman–Crippen LogP) is 5.06. The van der Waals surface area contributed by atoms with Crippen molar-refractivity contribution in [2.45, 2.75) is 58.9 Å². The van der Waals surface area contributed by atoms with Crippen LogP contribution in [0.2, 0.25) is 0 Å².